The van der Waals surface area contributed by atoms with Gasteiger partial charge >= 0.3 is 0 Å². The van der Waals surface area contributed by atoms with E-state index in [0.717, 1.165) is 16.1 Å². The van der Waals surface area contributed by atoms with Crippen LogP contribution in [0.2, 0.25) is 0 Å². The first-order valence-corrected chi connectivity index (χ1v) is 6.49. The number of hydrogen-bond donors (Lipinski definition) is 0. The Morgan fingerprint density at radius 2 is 1.94 bits per heavy atom. The fraction of sp³-hybridized carbons (Fsp3) is 0.286. The van der Waals surface area contributed by atoms with Crippen molar-refractivity contribution in [2.24, 2.45) is 0 Å². The van der Waals surface area contributed by atoms with Crippen molar-refractivity contribution in [1.82, 2.24) is 4.98 Å². The van der Waals surface area contributed by atoms with E-state index in [1.54, 1.807) is 11.8 Å². The fourth-order valence-corrected chi connectivity index (χ4v) is 2.82. The fourth-order valence-electron chi connectivity index (χ4n) is 1.95. The minimum atomic E-state index is 0.478. The lowest BCUT2D eigenvalue weighted by Gasteiger charge is -2.10. The molecule has 0 fully saturated rings. The molecule has 0 amide bonds. The maximum atomic E-state index is 8.71. The summed E-state index contributed by atoms with van der Waals surface area (Å²) in [5.41, 5.74) is 4.48. The van der Waals surface area contributed by atoms with E-state index in [1.165, 1.54) is 16.5 Å². The summed E-state index contributed by atoms with van der Waals surface area (Å²) in [7, 11) is 0. The predicted octanol–water partition coefficient (Wildman–Crippen LogP) is 3.78. The van der Waals surface area contributed by atoms with Crippen LogP contribution in [0, 0.1) is 32.1 Å². The number of aryl methyl sites for hydroxylation is 3. The van der Waals surface area contributed by atoms with Crippen molar-refractivity contribution in [2.45, 2.75) is 25.7 Å². The zero-order valence-corrected chi connectivity index (χ0v) is 11.1. The van der Waals surface area contributed by atoms with Crippen molar-refractivity contribution in [1.29, 1.82) is 5.26 Å². The molecule has 2 rings (SSSR count). The summed E-state index contributed by atoms with van der Waals surface area (Å²) < 4.78 is 0. The molecule has 3 heteroatoms. The Labute approximate surface area is 106 Å². The van der Waals surface area contributed by atoms with Gasteiger partial charge in [0.2, 0.25) is 0 Å². The van der Waals surface area contributed by atoms with Crippen LogP contribution in [-0.4, -0.2) is 10.7 Å². The van der Waals surface area contributed by atoms with Crippen LogP contribution in [0.5, 0.6) is 0 Å². The van der Waals surface area contributed by atoms with Crippen LogP contribution in [0.4, 0.5) is 0 Å². The van der Waals surface area contributed by atoms with Gasteiger partial charge in [-0.15, -0.1) is 11.8 Å². The Balaban J connectivity index is 2.74. The summed E-state index contributed by atoms with van der Waals surface area (Å²) >= 11 is 1.59. The number of nitrogens with zero attached hydrogens (tertiary/aromatic N) is 2. The number of aromatic nitrogens is 1. The number of hydrogen-bond acceptors (Lipinski definition) is 3. The molecule has 2 aromatic rings. The second kappa shape index (κ2) is 4.77. The van der Waals surface area contributed by atoms with E-state index in [-0.39, 0.29) is 0 Å². The molecule has 1 aromatic carbocycles. The molecule has 0 saturated heterocycles. The van der Waals surface area contributed by atoms with Crippen molar-refractivity contribution in [3.63, 3.8) is 0 Å². The van der Waals surface area contributed by atoms with Crippen LogP contribution in [0.3, 0.4) is 0 Å². The number of fused-ring (bicyclic) bond motifs is 1. The minimum Gasteiger partial charge on any atom is -0.253 e. The molecule has 0 aliphatic carbocycles. The lowest BCUT2D eigenvalue weighted by Crippen LogP contribution is -1.92. The molecule has 0 atom stereocenters. The van der Waals surface area contributed by atoms with Gasteiger partial charge in [0.1, 0.15) is 0 Å². The first-order chi connectivity index (χ1) is 8.13. The monoisotopic (exact) mass is 242 g/mol. The number of rotatable bonds is 2. The van der Waals surface area contributed by atoms with Crippen molar-refractivity contribution in [3.05, 3.63) is 35.0 Å². The molecule has 0 bridgehead atoms. The average molecular weight is 242 g/mol. The summed E-state index contributed by atoms with van der Waals surface area (Å²) in [5.74, 6) is 0.478. The van der Waals surface area contributed by atoms with E-state index >= 15 is 0 Å². The van der Waals surface area contributed by atoms with E-state index in [1.807, 2.05) is 6.92 Å². The average Bonchev–Trinajstić information content (AvgIpc) is 2.30. The third-order valence-corrected chi connectivity index (χ3v) is 3.66. The Hall–Kier alpha value is -1.53. The number of thioether (sulfide) groups is 1. The van der Waals surface area contributed by atoms with Crippen LogP contribution in [0.1, 0.15) is 16.8 Å². The molecule has 0 radical (unpaired) electrons. The second-order valence-electron chi connectivity index (χ2n) is 4.13. The Bertz CT molecular complexity index is 612. The quantitative estimate of drug-likeness (QED) is 0.752. The Morgan fingerprint density at radius 3 is 2.65 bits per heavy atom. The predicted molar refractivity (Wildman–Crippen MR) is 72.3 cm³/mol. The topological polar surface area (TPSA) is 36.7 Å². The number of pyridine rings is 1. The highest BCUT2D eigenvalue weighted by Crippen LogP contribution is 2.31. The van der Waals surface area contributed by atoms with Gasteiger partial charge in [-0.05, 0) is 38.0 Å². The standard InChI is InChI=1S/C14H14N2S/c1-9-4-5-10(2)14-13(9)12(17-7-6-15)8-11(3)16-14/h4-5,8H,7H2,1-3H3. The molecule has 0 aliphatic heterocycles. The molecule has 0 saturated carbocycles. The van der Waals surface area contributed by atoms with Gasteiger partial charge in [0, 0.05) is 16.0 Å². The Kier molecular flexibility index (Phi) is 3.35. The maximum absolute atomic E-state index is 8.71. The SMILES string of the molecule is Cc1cc(SCC#N)c2c(C)ccc(C)c2n1. The zero-order chi connectivity index (χ0) is 12.4. The first kappa shape index (κ1) is 11.9. The molecule has 0 N–H and O–H groups in total. The van der Waals surface area contributed by atoms with Crippen molar-refractivity contribution < 1.29 is 0 Å². The smallest absolute Gasteiger partial charge is 0.0855 e. The largest absolute Gasteiger partial charge is 0.253 e. The van der Waals surface area contributed by atoms with Gasteiger partial charge < -0.3 is 0 Å². The molecular weight excluding hydrogens is 228 g/mol. The van der Waals surface area contributed by atoms with Crippen molar-refractivity contribution in [2.75, 3.05) is 5.75 Å². The van der Waals surface area contributed by atoms with Crippen LogP contribution in [0.25, 0.3) is 10.9 Å². The van der Waals surface area contributed by atoms with Crippen LogP contribution < -0.4 is 0 Å². The third kappa shape index (κ3) is 2.27. The van der Waals surface area contributed by atoms with E-state index in [2.05, 4.69) is 43.1 Å². The molecule has 17 heavy (non-hydrogen) atoms. The van der Waals surface area contributed by atoms with E-state index < -0.39 is 0 Å². The first-order valence-electron chi connectivity index (χ1n) is 5.51. The van der Waals surface area contributed by atoms with E-state index in [9.17, 15) is 0 Å². The van der Waals surface area contributed by atoms with Gasteiger partial charge in [0.05, 0.1) is 17.3 Å². The summed E-state index contributed by atoms with van der Waals surface area (Å²) in [4.78, 5) is 5.77. The van der Waals surface area contributed by atoms with Gasteiger partial charge in [-0.1, -0.05) is 12.1 Å². The van der Waals surface area contributed by atoms with Gasteiger partial charge in [-0.25, -0.2) is 0 Å². The van der Waals surface area contributed by atoms with Crippen molar-refractivity contribution >= 4 is 22.7 Å². The third-order valence-electron chi connectivity index (χ3n) is 2.75. The lowest BCUT2D eigenvalue weighted by molar-refractivity contribution is 1.20. The van der Waals surface area contributed by atoms with Crippen LogP contribution in [0.15, 0.2) is 23.1 Å². The molecule has 0 aliphatic rings. The van der Waals surface area contributed by atoms with Crippen LogP contribution >= 0.6 is 11.8 Å². The summed E-state index contributed by atoms with van der Waals surface area (Å²) in [6.45, 7) is 6.17. The lowest BCUT2D eigenvalue weighted by atomic mass is 10.1. The van der Waals surface area contributed by atoms with Gasteiger partial charge in [-0.3, -0.25) is 4.98 Å². The molecule has 86 valence electrons. The molecule has 1 aromatic heterocycles. The molecule has 0 unspecified atom stereocenters. The zero-order valence-electron chi connectivity index (χ0n) is 10.2. The number of benzene rings is 1. The summed E-state index contributed by atoms with van der Waals surface area (Å²) in [5, 5.41) is 9.90. The Morgan fingerprint density at radius 1 is 1.24 bits per heavy atom. The maximum Gasteiger partial charge on any atom is 0.0855 e. The highest BCUT2D eigenvalue weighted by molar-refractivity contribution is 7.99. The van der Waals surface area contributed by atoms with E-state index in [4.69, 9.17) is 5.26 Å². The number of nitriles is 1. The minimum absolute atomic E-state index is 0.478. The summed E-state index contributed by atoms with van der Waals surface area (Å²) in [6, 6.07) is 8.46. The molecule has 2 nitrogen and oxygen atoms in total. The summed E-state index contributed by atoms with van der Waals surface area (Å²) in [6.07, 6.45) is 0. The second-order valence-corrected chi connectivity index (χ2v) is 5.15. The van der Waals surface area contributed by atoms with Crippen LogP contribution in [-0.2, 0) is 0 Å². The van der Waals surface area contributed by atoms with Crippen molar-refractivity contribution in [3.8, 4) is 6.07 Å². The normalized spacial score (nSPS) is 10.5. The molecular formula is C14H14N2S. The van der Waals surface area contributed by atoms with Gasteiger partial charge in [0.25, 0.3) is 0 Å². The molecule has 0 spiro atoms. The highest BCUT2D eigenvalue weighted by atomic mass is 32.2. The molecule has 1 heterocycles. The highest BCUT2D eigenvalue weighted by Gasteiger charge is 2.09. The van der Waals surface area contributed by atoms with Gasteiger partial charge in [0.15, 0.2) is 0 Å². The van der Waals surface area contributed by atoms with Gasteiger partial charge in [-0.2, -0.15) is 5.26 Å². The van der Waals surface area contributed by atoms with E-state index in [0.29, 0.717) is 5.75 Å².